The van der Waals surface area contributed by atoms with Crippen LogP contribution in [0.2, 0.25) is 0 Å². The molecule has 2 unspecified atom stereocenters. The molecule has 1 saturated heterocycles. The molecule has 0 amide bonds. The van der Waals surface area contributed by atoms with Crippen molar-refractivity contribution in [1.82, 2.24) is 4.98 Å². The van der Waals surface area contributed by atoms with Gasteiger partial charge in [-0.25, -0.2) is 9.78 Å². The van der Waals surface area contributed by atoms with E-state index in [1.54, 1.807) is 0 Å². The predicted octanol–water partition coefficient (Wildman–Crippen LogP) is 4.03. The molecule has 23 heavy (non-hydrogen) atoms. The second-order valence-electron chi connectivity index (χ2n) is 8.04. The minimum absolute atomic E-state index is 0.188. The van der Waals surface area contributed by atoms with E-state index in [0.29, 0.717) is 12.1 Å². The summed E-state index contributed by atoms with van der Waals surface area (Å²) in [5, 5.41) is 0. The average Bonchev–Trinajstić information content (AvgIpc) is 2.86. The maximum absolute atomic E-state index is 12.1. The molecule has 2 heterocycles. The Labute approximate surface area is 138 Å². The Hall–Kier alpha value is -1.52. The summed E-state index contributed by atoms with van der Waals surface area (Å²) in [6.07, 6.45) is 8.04. The van der Waals surface area contributed by atoms with Gasteiger partial charge in [-0.3, -0.25) is 0 Å². The van der Waals surface area contributed by atoms with Crippen LogP contribution in [0.3, 0.4) is 0 Å². The third-order valence-electron chi connectivity index (χ3n) is 5.07. The molecule has 2 atom stereocenters. The van der Waals surface area contributed by atoms with Gasteiger partial charge in [0.15, 0.2) is 0 Å². The van der Waals surface area contributed by atoms with Crippen LogP contribution in [0.15, 0.2) is 10.6 Å². The molecule has 1 aliphatic carbocycles. The lowest BCUT2D eigenvalue weighted by Gasteiger charge is -2.43. The first-order valence-corrected chi connectivity index (χ1v) is 8.79. The van der Waals surface area contributed by atoms with Crippen LogP contribution in [0.25, 0.3) is 0 Å². The van der Waals surface area contributed by atoms with Crippen molar-refractivity contribution in [2.45, 2.75) is 71.4 Å². The van der Waals surface area contributed by atoms with Crippen molar-refractivity contribution in [3.8, 4) is 0 Å². The van der Waals surface area contributed by atoms with Gasteiger partial charge in [-0.2, -0.15) is 0 Å². The summed E-state index contributed by atoms with van der Waals surface area (Å²) in [4.78, 5) is 18.7. The van der Waals surface area contributed by atoms with Crippen molar-refractivity contribution in [3.63, 3.8) is 0 Å². The Bertz CT molecular complexity index is 557. The highest BCUT2D eigenvalue weighted by molar-refractivity contribution is 5.86. The van der Waals surface area contributed by atoms with Crippen molar-refractivity contribution in [2.75, 3.05) is 11.4 Å². The normalized spacial score (nSPS) is 26.0. The molecule has 0 spiro atoms. The second-order valence-corrected chi connectivity index (χ2v) is 8.04. The van der Waals surface area contributed by atoms with Gasteiger partial charge in [0.25, 0.3) is 6.01 Å². The van der Waals surface area contributed by atoms with Crippen LogP contribution in [0.5, 0.6) is 0 Å². The number of anilines is 1. The number of piperidine rings is 1. The number of esters is 1. The highest BCUT2D eigenvalue weighted by Gasteiger charge is 2.35. The lowest BCUT2D eigenvalue weighted by atomic mass is 9.72. The molecule has 1 aliphatic heterocycles. The fourth-order valence-electron chi connectivity index (χ4n) is 3.52. The van der Waals surface area contributed by atoms with Gasteiger partial charge in [-0.15, -0.1) is 0 Å². The molecule has 1 saturated carbocycles. The Morgan fingerprint density at radius 1 is 1.26 bits per heavy atom. The Morgan fingerprint density at radius 2 is 2.00 bits per heavy atom. The van der Waals surface area contributed by atoms with E-state index in [2.05, 4.69) is 16.8 Å². The number of hydrogen-bond acceptors (Lipinski definition) is 5. The number of oxazole rings is 1. The highest BCUT2D eigenvalue weighted by Crippen LogP contribution is 2.40. The van der Waals surface area contributed by atoms with E-state index in [0.717, 1.165) is 24.8 Å². The number of carbonyl (C=O) groups excluding carboxylic acids is 1. The number of hydrogen-bond donors (Lipinski definition) is 0. The van der Waals surface area contributed by atoms with Gasteiger partial charge >= 0.3 is 5.97 Å². The lowest BCUT2D eigenvalue weighted by Crippen LogP contribution is -2.45. The van der Waals surface area contributed by atoms with Crippen molar-refractivity contribution in [1.29, 1.82) is 0 Å². The molecule has 0 bridgehead atoms. The Balaban J connectivity index is 1.69. The largest absolute Gasteiger partial charge is 0.454 e. The third kappa shape index (κ3) is 3.70. The monoisotopic (exact) mass is 320 g/mol. The van der Waals surface area contributed by atoms with Gasteiger partial charge in [0.1, 0.15) is 5.60 Å². The molecule has 2 fully saturated rings. The Morgan fingerprint density at radius 3 is 2.61 bits per heavy atom. The molecule has 0 N–H and O–H groups in total. The van der Waals surface area contributed by atoms with Crippen LogP contribution in [-0.2, 0) is 4.74 Å². The smallest absolute Gasteiger partial charge is 0.376 e. The van der Waals surface area contributed by atoms with Crippen LogP contribution in [0.4, 0.5) is 6.01 Å². The van der Waals surface area contributed by atoms with Crippen LogP contribution < -0.4 is 4.90 Å². The molecule has 128 valence electrons. The van der Waals surface area contributed by atoms with Gasteiger partial charge in [-0.05, 0) is 52.4 Å². The van der Waals surface area contributed by atoms with E-state index in [4.69, 9.17) is 9.15 Å². The number of nitrogens with zero attached hydrogens (tertiary/aromatic N) is 2. The molecule has 1 aromatic rings. The molecule has 1 aromatic heterocycles. The summed E-state index contributed by atoms with van der Waals surface area (Å²) in [7, 11) is 0. The summed E-state index contributed by atoms with van der Waals surface area (Å²) in [5.74, 6) is 1.34. The zero-order valence-corrected chi connectivity index (χ0v) is 14.7. The SMILES string of the molecule is CC1CCC(C2CCC2)CN1c1ncc(C(=O)OC(C)(C)C)o1. The minimum atomic E-state index is -0.530. The topological polar surface area (TPSA) is 55.6 Å². The fraction of sp³-hybridized carbons (Fsp3) is 0.778. The van der Waals surface area contributed by atoms with E-state index >= 15 is 0 Å². The predicted molar refractivity (Wildman–Crippen MR) is 88.5 cm³/mol. The summed E-state index contributed by atoms with van der Waals surface area (Å²) >= 11 is 0. The van der Waals surface area contributed by atoms with E-state index in [9.17, 15) is 4.79 Å². The van der Waals surface area contributed by atoms with Crippen LogP contribution in [0.1, 0.15) is 70.4 Å². The van der Waals surface area contributed by atoms with Gasteiger partial charge in [-0.1, -0.05) is 19.3 Å². The second kappa shape index (κ2) is 6.17. The van der Waals surface area contributed by atoms with E-state index in [1.165, 1.54) is 31.9 Å². The van der Waals surface area contributed by atoms with E-state index in [1.807, 2.05) is 20.8 Å². The van der Waals surface area contributed by atoms with Crippen LogP contribution in [0, 0.1) is 11.8 Å². The van der Waals surface area contributed by atoms with Gasteiger partial charge in [0.2, 0.25) is 5.76 Å². The van der Waals surface area contributed by atoms with Crippen LogP contribution in [-0.4, -0.2) is 29.1 Å². The molecular weight excluding hydrogens is 292 g/mol. The minimum Gasteiger partial charge on any atom is -0.454 e. The first-order chi connectivity index (χ1) is 10.8. The van der Waals surface area contributed by atoms with E-state index < -0.39 is 11.6 Å². The van der Waals surface area contributed by atoms with Crippen LogP contribution >= 0.6 is 0 Å². The first kappa shape index (κ1) is 16.3. The zero-order chi connectivity index (χ0) is 16.6. The van der Waals surface area contributed by atoms with Crippen molar-refractivity contribution in [3.05, 3.63) is 12.0 Å². The molecule has 0 radical (unpaired) electrons. The van der Waals surface area contributed by atoms with E-state index in [-0.39, 0.29) is 5.76 Å². The first-order valence-electron chi connectivity index (χ1n) is 8.79. The Kier molecular flexibility index (Phi) is 4.39. The summed E-state index contributed by atoms with van der Waals surface area (Å²) in [6.45, 7) is 8.72. The number of ether oxygens (including phenoxy) is 1. The third-order valence-corrected chi connectivity index (χ3v) is 5.07. The maximum atomic E-state index is 12.1. The van der Waals surface area contributed by atoms with Gasteiger partial charge in [0.05, 0.1) is 6.20 Å². The maximum Gasteiger partial charge on any atom is 0.376 e. The number of aromatic nitrogens is 1. The molecule has 2 aliphatic rings. The summed E-state index contributed by atoms with van der Waals surface area (Å²) < 4.78 is 11.1. The highest BCUT2D eigenvalue weighted by atomic mass is 16.6. The number of carbonyl (C=O) groups is 1. The molecule has 5 heteroatoms. The van der Waals surface area contributed by atoms with Gasteiger partial charge in [0, 0.05) is 12.6 Å². The van der Waals surface area contributed by atoms with Crippen molar-refractivity contribution >= 4 is 12.0 Å². The average molecular weight is 320 g/mol. The quantitative estimate of drug-likeness (QED) is 0.787. The van der Waals surface area contributed by atoms with Crippen molar-refractivity contribution in [2.24, 2.45) is 11.8 Å². The molecule has 0 aromatic carbocycles. The standard InChI is InChI=1S/C18H28N2O3/c1-12-8-9-14(13-6-5-7-13)11-20(12)17-19-10-15(22-17)16(21)23-18(2,3)4/h10,12-14H,5-9,11H2,1-4H3. The molecule has 5 nitrogen and oxygen atoms in total. The number of rotatable bonds is 3. The summed E-state index contributed by atoms with van der Waals surface area (Å²) in [6, 6.07) is 0.957. The molecular formula is C18H28N2O3. The lowest BCUT2D eigenvalue weighted by molar-refractivity contribution is 0.00363. The van der Waals surface area contributed by atoms with Gasteiger partial charge < -0.3 is 14.1 Å². The zero-order valence-electron chi connectivity index (χ0n) is 14.7. The molecule has 3 rings (SSSR count). The summed E-state index contributed by atoms with van der Waals surface area (Å²) in [5.41, 5.74) is -0.530. The van der Waals surface area contributed by atoms with Crippen molar-refractivity contribution < 1.29 is 13.9 Å². The fourth-order valence-corrected chi connectivity index (χ4v) is 3.52.